The summed E-state index contributed by atoms with van der Waals surface area (Å²) in [7, 11) is 0. The van der Waals surface area contributed by atoms with Crippen LogP contribution in [0.5, 0.6) is 0 Å². The summed E-state index contributed by atoms with van der Waals surface area (Å²) in [4.78, 5) is 13.8. The van der Waals surface area contributed by atoms with Crippen LogP contribution in [0.25, 0.3) is 11.1 Å². The van der Waals surface area contributed by atoms with Gasteiger partial charge in [0.2, 0.25) is 0 Å². The van der Waals surface area contributed by atoms with Gasteiger partial charge in [0.05, 0.1) is 5.56 Å². The number of amides is 1. The zero-order valence-corrected chi connectivity index (χ0v) is 14.4. The van der Waals surface area contributed by atoms with Gasteiger partial charge in [0.25, 0.3) is 5.91 Å². The summed E-state index contributed by atoms with van der Waals surface area (Å²) in [6, 6.07) is 10.7. The fraction of sp³-hybridized carbons (Fsp3) is 0.200. The van der Waals surface area contributed by atoms with Gasteiger partial charge in [-0.05, 0) is 59.1 Å². The second-order valence-electron chi connectivity index (χ2n) is 6.31. The Balaban J connectivity index is 1.84. The average molecular weight is 373 g/mol. The molecule has 0 saturated heterocycles. The zero-order chi connectivity index (χ0) is 19.6. The monoisotopic (exact) mass is 373 g/mol. The zero-order valence-electron chi connectivity index (χ0n) is 14.4. The topological polar surface area (TPSA) is 70.2 Å². The van der Waals surface area contributed by atoms with Crippen molar-refractivity contribution in [1.82, 2.24) is 4.90 Å². The van der Waals surface area contributed by atoms with Gasteiger partial charge in [0.1, 0.15) is 5.71 Å². The average Bonchev–Trinajstić information content (AvgIpc) is 2.66. The maximum atomic E-state index is 12.7. The SMILES string of the molecule is N=C(C=CN)C(=O)N1CCc2ccc(-c3ccc(C(F)(F)F)cc3)cc2C1. The lowest BCUT2D eigenvalue weighted by molar-refractivity contribution is -0.137. The molecule has 0 atom stereocenters. The van der Waals surface area contributed by atoms with Crippen molar-refractivity contribution >= 4 is 11.6 Å². The van der Waals surface area contributed by atoms with E-state index in [1.54, 1.807) is 4.90 Å². The minimum atomic E-state index is -4.36. The molecular weight excluding hydrogens is 355 g/mol. The first-order valence-electron chi connectivity index (χ1n) is 8.35. The van der Waals surface area contributed by atoms with Crippen LogP contribution in [0, 0.1) is 5.41 Å². The largest absolute Gasteiger partial charge is 0.416 e. The highest BCUT2D eigenvalue weighted by atomic mass is 19.4. The van der Waals surface area contributed by atoms with E-state index in [0.717, 1.165) is 35.0 Å². The molecule has 27 heavy (non-hydrogen) atoms. The Kier molecular flexibility index (Phi) is 5.03. The molecule has 2 aromatic rings. The van der Waals surface area contributed by atoms with Crippen molar-refractivity contribution in [1.29, 1.82) is 5.41 Å². The van der Waals surface area contributed by atoms with E-state index in [9.17, 15) is 18.0 Å². The van der Waals surface area contributed by atoms with E-state index in [1.807, 2.05) is 18.2 Å². The summed E-state index contributed by atoms with van der Waals surface area (Å²) in [5.74, 6) is -0.401. The molecule has 0 spiro atoms. The van der Waals surface area contributed by atoms with Gasteiger partial charge in [0, 0.05) is 13.1 Å². The predicted molar refractivity (Wildman–Crippen MR) is 97.1 cm³/mol. The summed E-state index contributed by atoms with van der Waals surface area (Å²) in [5, 5.41) is 7.71. The van der Waals surface area contributed by atoms with Gasteiger partial charge in [-0.3, -0.25) is 10.2 Å². The van der Waals surface area contributed by atoms with Crippen LogP contribution in [0.1, 0.15) is 16.7 Å². The van der Waals surface area contributed by atoms with Gasteiger partial charge in [0.15, 0.2) is 0 Å². The van der Waals surface area contributed by atoms with Crippen molar-refractivity contribution in [3.63, 3.8) is 0 Å². The van der Waals surface area contributed by atoms with Crippen LogP contribution in [-0.4, -0.2) is 23.1 Å². The molecule has 0 fully saturated rings. The molecule has 0 radical (unpaired) electrons. The van der Waals surface area contributed by atoms with E-state index in [-0.39, 0.29) is 5.71 Å². The molecule has 1 heterocycles. The lowest BCUT2D eigenvalue weighted by atomic mass is 9.94. The molecule has 0 aliphatic carbocycles. The van der Waals surface area contributed by atoms with Crippen LogP contribution >= 0.6 is 0 Å². The van der Waals surface area contributed by atoms with Gasteiger partial charge in [-0.15, -0.1) is 0 Å². The van der Waals surface area contributed by atoms with E-state index in [4.69, 9.17) is 11.1 Å². The predicted octanol–water partition coefficient (Wildman–Crippen LogP) is 3.75. The van der Waals surface area contributed by atoms with Crippen molar-refractivity contribution in [3.05, 3.63) is 71.4 Å². The van der Waals surface area contributed by atoms with E-state index < -0.39 is 17.6 Å². The maximum Gasteiger partial charge on any atom is 0.416 e. The maximum absolute atomic E-state index is 12.7. The molecule has 1 aliphatic heterocycles. The molecule has 4 nitrogen and oxygen atoms in total. The Morgan fingerprint density at radius 3 is 2.37 bits per heavy atom. The molecule has 1 aliphatic rings. The van der Waals surface area contributed by atoms with Crippen molar-refractivity contribution in [2.24, 2.45) is 5.73 Å². The Morgan fingerprint density at radius 2 is 1.74 bits per heavy atom. The highest BCUT2D eigenvalue weighted by Crippen LogP contribution is 2.32. The molecule has 3 N–H and O–H groups in total. The third-order valence-electron chi connectivity index (χ3n) is 4.54. The molecule has 0 aromatic heterocycles. The number of alkyl halides is 3. The molecule has 1 amide bonds. The van der Waals surface area contributed by atoms with Gasteiger partial charge < -0.3 is 10.6 Å². The standard InChI is InChI=1S/C20H18F3N3O/c21-20(22,23)17-5-3-13(4-6-17)15-2-1-14-8-10-26(12-16(14)11-15)19(27)18(25)7-9-24/h1-7,9,11,25H,8,10,12,24H2. The Hall–Kier alpha value is -3.09. The fourth-order valence-corrected chi connectivity index (χ4v) is 3.10. The number of rotatable bonds is 3. The lowest BCUT2D eigenvalue weighted by Crippen LogP contribution is -2.39. The third-order valence-corrected chi connectivity index (χ3v) is 4.54. The Labute approximate surface area is 154 Å². The van der Waals surface area contributed by atoms with Crippen LogP contribution in [-0.2, 0) is 23.9 Å². The smallest absolute Gasteiger partial charge is 0.405 e. The number of nitrogens with two attached hydrogens (primary N) is 1. The highest BCUT2D eigenvalue weighted by molar-refractivity contribution is 6.41. The van der Waals surface area contributed by atoms with Crippen LogP contribution in [0.15, 0.2) is 54.7 Å². The Morgan fingerprint density at radius 1 is 1.07 bits per heavy atom. The van der Waals surface area contributed by atoms with Gasteiger partial charge in [-0.25, -0.2) is 0 Å². The number of halogens is 3. The molecule has 3 rings (SSSR count). The molecule has 0 saturated carbocycles. The first-order valence-corrected chi connectivity index (χ1v) is 8.35. The van der Waals surface area contributed by atoms with Crippen molar-refractivity contribution in [3.8, 4) is 11.1 Å². The van der Waals surface area contributed by atoms with Crippen LogP contribution in [0.3, 0.4) is 0 Å². The molecule has 7 heteroatoms. The number of hydrogen-bond acceptors (Lipinski definition) is 3. The minimum absolute atomic E-state index is 0.181. The summed E-state index contributed by atoms with van der Waals surface area (Å²) >= 11 is 0. The van der Waals surface area contributed by atoms with Crippen LogP contribution < -0.4 is 5.73 Å². The number of hydrogen-bond donors (Lipinski definition) is 2. The van der Waals surface area contributed by atoms with Crippen LogP contribution in [0.4, 0.5) is 13.2 Å². The first kappa shape index (κ1) is 18.7. The van der Waals surface area contributed by atoms with Crippen molar-refractivity contribution in [2.45, 2.75) is 19.1 Å². The molecular formula is C20H18F3N3O. The van der Waals surface area contributed by atoms with Crippen molar-refractivity contribution in [2.75, 3.05) is 6.54 Å². The van der Waals surface area contributed by atoms with Crippen molar-refractivity contribution < 1.29 is 18.0 Å². The second-order valence-corrected chi connectivity index (χ2v) is 6.31. The Bertz CT molecular complexity index is 902. The van der Waals surface area contributed by atoms with Gasteiger partial charge >= 0.3 is 6.18 Å². The molecule has 0 unspecified atom stereocenters. The first-order chi connectivity index (χ1) is 12.8. The lowest BCUT2D eigenvalue weighted by Gasteiger charge is -2.29. The molecule has 2 aromatic carbocycles. The van der Waals surface area contributed by atoms with E-state index in [1.165, 1.54) is 18.2 Å². The fourth-order valence-electron chi connectivity index (χ4n) is 3.10. The molecule has 0 bridgehead atoms. The van der Waals surface area contributed by atoms with Crippen LogP contribution in [0.2, 0.25) is 0 Å². The summed E-state index contributed by atoms with van der Waals surface area (Å²) in [6.07, 6.45) is -1.30. The summed E-state index contributed by atoms with van der Waals surface area (Å²) < 4.78 is 38.2. The minimum Gasteiger partial charge on any atom is -0.405 e. The van der Waals surface area contributed by atoms with E-state index in [2.05, 4.69) is 0 Å². The quantitative estimate of drug-likeness (QED) is 0.805. The summed E-state index contributed by atoms with van der Waals surface area (Å²) in [5.41, 5.74) is 7.84. The second kappa shape index (κ2) is 7.26. The number of nitrogens with one attached hydrogen (secondary N) is 1. The van der Waals surface area contributed by atoms with E-state index >= 15 is 0 Å². The highest BCUT2D eigenvalue weighted by Gasteiger charge is 2.30. The third kappa shape index (κ3) is 4.02. The number of carbonyl (C=O) groups excluding carboxylic acids is 1. The normalized spacial score (nSPS) is 14.3. The number of fused-ring (bicyclic) bond motifs is 1. The summed E-state index contributed by atoms with van der Waals surface area (Å²) in [6.45, 7) is 0.857. The number of nitrogens with zero attached hydrogens (tertiary/aromatic N) is 1. The van der Waals surface area contributed by atoms with Gasteiger partial charge in [-0.1, -0.05) is 24.3 Å². The van der Waals surface area contributed by atoms with E-state index in [0.29, 0.717) is 25.1 Å². The molecule has 140 valence electrons. The number of carbonyl (C=O) groups is 1. The van der Waals surface area contributed by atoms with Gasteiger partial charge in [-0.2, -0.15) is 13.2 Å². The number of benzene rings is 2.